The van der Waals surface area contributed by atoms with Crippen molar-refractivity contribution in [3.63, 3.8) is 0 Å². The van der Waals surface area contributed by atoms with Gasteiger partial charge in [-0.25, -0.2) is 14.4 Å². The average Bonchev–Trinajstić information content (AvgIpc) is 3.57. The summed E-state index contributed by atoms with van der Waals surface area (Å²) in [6.07, 6.45) is -3.38. The first-order chi connectivity index (χ1) is 18.0. The quantitative estimate of drug-likeness (QED) is 0.391. The SMILES string of the molecule is C[C@H]1OCc2c1c(N)nc1cc(F)c(C(=O)N(c3ccn(C)n3)C3COc4nc(C(F)(F)F)ccc43)cc21. The summed E-state index contributed by atoms with van der Waals surface area (Å²) >= 11 is 0. The molecule has 2 N–H and O–H groups in total. The highest BCUT2D eigenvalue weighted by atomic mass is 19.4. The molecule has 2 aliphatic rings. The Morgan fingerprint density at radius 1 is 1.21 bits per heavy atom. The Hall–Kier alpha value is -4.26. The molecule has 9 nitrogen and oxygen atoms in total. The summed E-state index contributed by atoms with van der Waals surface area (Å²) in [4.78, 5) is 23.1. The number of anilines is 2. The van der Waals surface area contributed by atoms with Crippen molar-refractivity contribution in [1.82, 2.24) is 19.7 Å². The predicted molar refractivity (Wildman–Crippen MR) is 127 cm³/mol. The van der Waals surface area contributed by atoms with Gasteiger partial charge in [-0.05, 0) is 30.7 Å². The standard InChI is InChI=1S/C25H20F4N6O3/c1-11-21-15(9-37-11)13-7-14(16(26)8-17(13)31-22(21)30)24(36)35(20-5-6-34(2)33-20)18-10-38-23-12(18)3-4-19(32-23)25(27,28)29/h3-8,11,18H,9-10H2,1-2H3,(H2,30,31)/t11-,18?/m1/s1. The molecule has 0 radical (unpaired) electrons. The van der Waals surface area contributed by atoms with Crippen molar-refractivity contribution >= 4 is 28.4 Å². The van der Waals surface area contributed by atoms with Crippen LogP contribution < -0.4 is 15.4 Å². The van der Waals surface area contributed by atoms with Gasteiger partial charge in [0, 0.05) is 41.9 Å². The fourth-order valence-electron chi connectivity index (χ4n) is 4.96. The molecule has 5 heterocycles. The lowest BCUT2D eigenvalue weighted by atomic mass is 9.99. The van der Waals surface area contributed by atoms with Crippen LogP contribution in [0, 0.1) is 5.82 Å². The lowest BCUT2D eigenvalue weighted by Crippen LogP contribution is -2.37. The smallest absolute Gasteiger partial charge is 0.433 e. The molecule has 0 aliphatic carbocycles. The van der Waals surface area contributed by atoms with Crippen molar-refractivity contribution in [2.24, 2.45) is 7.05 Å². The summed E-state index contributed by atoms with van der Waals surface area (Å²) < 4.78 is 67.6. The minimum atomic E-state index is -4.67. The van der Waals surface area contributed by atoms with Crippen LogP contribution >= 0.6 is 0 Å². The number of pyridine rings is 2. The zero-order valence-electron chi connectivity index (χ0n) is 20.1. The van der Waals surface area contributed by atoms with Gasteiger partial charge in [-0.15, -0.1) is 0 Å². The lowest BCUT2D eigenvalue weighted by Gasteiger charge is -2.26. The van der Waals surface area contributed by atoms with Crippen LogP contribution in [-0.4, -0.2) is 32.3 Å². The van der Waals surface area contributed by atoms with Crippen LogP contribution in [0.4, 0.5) is 29.2 Å². The highest BCUT2D eigenvalue weighted by Gasteiger charge is 2.40. The first kappa shape index (κ1) is 24.1. The number of aromatic nitrogens is 4. The summed E-state index contributed by atoms with van der Waals surface area (Å²) in [7, 11) is 1.64. The van der Waals surface area contributed by atoms with Crippen molar-refractivity contribution in [3.8, 4) is 5.88 Å². The third-order valence-electron chi connectivity index (χ3n) is 6.76. The van der Waals surface area contributed by atoms with Gasteiger partial charge in [-0.3, -0.25) is 14.4 Å². The molecule has 2 atom stereocenters. The van der Waals surface area contributed by atoms with Gasteiger partial charge in [0.15, 0.2) is 5.82 Å². The first-order valence-corrected chi connectivity index (χ1v) is 11.6. The number of hydrogen-bond donors (Lipinski definition) is 1. The molecule has 4 aromatic rings. The molecule has 1 aromatic carbocycles. The molecule has 38 heavy (non-hydrogen) atoms. The summed E-state index contributed by atoms with van der Waals surface area (Å²) in [6, 6.07) is 5.20. The van der Waals surface area contributed by atoms with E-state index in [1.54, 1.807) is 19.3 Å². The number of ether oxygens (including phenoxy) is 2. The number of nitrogen functional groups attached to an aromatic ring is 1. The third-order valence-corrected chi connectivity index (χ3v) is 6.76. The van der Waals surface area contributed by atoms with E-state index in [1.807, 2.05) is 6.92 Å². The summed E-state index contributed by atoms with van der Waals surface area (Å²) in [6.45, 7) is 1.85. The Balaban J connectivity index is 1.48. The van der Waals surface area contributed by atoms with Gasteiger partial charge in [0.1, 0.15) is 30.0 Å². The van der Waals surface area contributed by atoms with Crippen LogP contribution in [-0.2, 0) is 24.6 Å². The van der Waals surface area contributed by atoms with E-state index < -0.39 is 29.6 Å². The Labute approximate surface area is 212 Å². The van der Waals surface area contributed by atoms with Gasteiger partial charge >= 0.3 is 6.18 Å². The molecule has 0 saturated heterocycles. The van der Waals surface area contributed by atoms with E-state index in [1.165, 1.54) is 21.7 Å². The van der Waals surface area contributed by atoms with Gasteiger partial charge in [0.25, 0.3) is 5.91 Å². The third kappa shape index (κ3) is 3.72. The van der Waals surface area contributed by atoms with Gasteiger partial charge in [0.05, 0.1) is 23.8 Å². The molecule has 1 unspecified atom stereocenters. The van der Waals surface area contributed by atoms with Crippen molar-refractivity contribution in [2.45, 2.75) is 31.9 Å². The second-order valence-electron chi connectivity index (χ2n) is 9.13. The maximum absolute atomic E-state index is 15.4. The fourth-order valence-corrected chi connectivity index (χ4v) is 4.96. The van der Waals surface area contributed by atoms with Crippen molar-refractivity contribution in [1.29, 1.82) is 0 Å². The largest absolute Gasteiger partial charge is 0.475 e. The number of alkyl halides is 3. The number of hydrogen-bond acceptors (Lipinski definition) is 7. The number of aryl methyl sites for hydroxylation is 1. The Morgan fingerprint density at radius 2 is 2.00 bits per heavy atom. The molecule has 0 saturated carbocycles. The normalized spacial score (nSPS) is 18.4. The highest BCUT2D eigenvalue weighted by molar-refractivity contribution is 6.08. The van der Waals surface area contributed by atoms with E-state index in [0.29, 0.717) is 10.9 Å². The number of halogens is 4. The molecule has 196 valence electrons. The molecule has 13 heteroatoms. The summed E-state index contributed by atoms with van der Waals surface area (Å²) in [5, 5.41) is 4.82. The minimum absolute atomic E-state index is 0.163. The van der Waals surface area contributed by atoms with E-state index in [0.717, 1.165) is 17.7 Å². The maximum atomic E-state index is 15.4. The van der Waals surface area contributed by atoms with Crippen LogP contribution in [0.5, 0.6) is 5.88 Å². The molecule has 0 spiro atoms. The second-order valence-corrected chi connectivity index (χ2v) is 9.13. The van der Waals surface area contributed by atoms with Crippen molar-refractivity contribution < 1.29 is 31.8 Å². The first-order valence-electron chi connectivity index (χ1n) is 11.6. The molecule has 0 fully saturated rings. The minimum Gasteiger partial charge on any atom is -0.475 e. The number of nitrogens with two attached hydrogens (primary N) is 1. The van der Waals surface area contributed by atoms with Gasteiger partial charge in [0.2, 0.25) is 5.88 Å². The number of benzene rings is 1. The Morgan fingerprint density at radius 3 is 2.71 bits per heavy atom. The van der Waals surface area contributed by atoms with Crippen LogP contribution in [0.1, 0.15) is 51.8 Å². The lowest BCUT2D eigenvalue weighted by molar-refractivity contribution is -0.141. The van der Waals surface area contributed by atoms with Gasteiger partial charge in [-0.2, -0.15) is 18.3 Å². The maximum Gasteiger partial charge on any atom is 0.433 e. The Bertz CT molecular complexity index is 1620. The van der Waals surface area contributed by atoms with E-state index in [-0.39, 0.29) is 53.5 Å². The zero-order chi connectivity index (χ0) is 26.9. The Kier molecular flexibility index (Phi) is 5.31. The monoisotopic (exact) mass is 528 g/mol. The summed E-state index contributed by atoms with van der Waals surface area (Å²) in [5.41, 5.74) is 6.61. The van der Waals surface area contributed by atoms with Gasteiger partial charge in [-0.1, -0.05) is 0 Å². The molecular formula is C25H20F4N6O3. The molecule has 3 aromatic heterocycles. The van der Waals surface area contributed by atoms with Crippen molar-refractivity contribution in [3.05, 3.63) is 70.3 Å². The van der Waals surface area contributed by atoms with Crippen LogP contribution in [0.3, 0.4) is 0 Å². The second kappa shape index (κ2) is 8.38. The van der Waals surface area contributed by atoms with E-state index in [2.05, 4.69) is 15.1 Å². The highest BCUT2D eigenvalue weighted by Crippen LogP contribution is 2.42. The molecule has 6 rings (SSSR count). The fraction of sp³-hybridized carbons (Fsp3) is 0.280. The number of fused-ring (bicyclic) bond motifs is 4. The topological polar surface area (TPSA) is 108 Å². The molecular weight excluding hydrogens is 508 g/mol. The van der Waals surface area contributed by atoms with Crippen molar-refractivity contribution in [2.75, 3.05) is 17.2 Å². The molecule has 0 bridgehead atoms. The van der Waals surface area contributed by atoms with Crippen LogP contribution in [0.25, 0.3) is 10.9 Å². The van der Waals surface area contributed by atoms with Crippen LogP contribution in [0.15, 0.2) is 36.5 Å². The number of carbonyl (C=O) groups is 1. The number of rotatable bonds is 3. The van der Waals surface area contributed by atoms with E-state index >= 15 is 4.39 Å². The zero-order valence-corrected chi connectivity index (χ0v) is 20.1. The average molecular weight is 528 g/mol. The number of nitrogens with zero attached hydrogens (tertiary/aromatic N) is 5. The predicted octanol–water partition coefficient (Wildman–Crippen LogP) is 4.48. The van der Waals surface area contributed by atoms with E-state index in [9.17, 15) is 18.0 Å². The summed E-state index contributed by atoms with van der Waals surface area (Å²) in [5.74, 6) is -1.46. The van der Waals surface area contributed by atoms with E-state index in [4.69, 9.17) is 15.2 Å². The molecule has 1 amide bonds. The van der Waals surface area contributed by atoms with Gasteiger partial charge < -0.3 is 15.2 Å². The number of amides is 1. The van der Waals surface area contributed by atoms with Crippen LogP contribution in [0.2, 0.25) is 0 Å². The molecule has 2 aliphatic heterocycles. The number of carbonyl (C=O) groups excluding carboxylic acids is 1.